The topological polar surface area (TPSA) is 30.7 Å². The van der Waals surface area contributed by atoms with Gasteiger partial charge in [-0.1, -0.05) is 105 Å². The predicted molar refractivity (Wildman–Crippen MR) is 123 cm³/mol. The number of aryl methyl sites for hydroxylation is 1. The third-order valence-corrected chi connectivity index (χ3v) is 6.21. The van der Waals surface area contributed by atoms with E-state index >= 15 is 0 Å². The molecule has 0 unspecified atom stereocenters. The minimum absolute atomic E-state index is 0.155. The van der Waals surface area contributed by atoms with Crippen molar-refractivity contribution in [2.45, 2.75) is 45.1 Å². The molecule has 3 aromatic carbocycles. The van der Waals surface area contributed by atoms with Crippen molar-refractivity contribution in [2.75, 3.05) is 0 Å². The fourth-order valence-corrected chi connectivity index (χ4v) is 4.42. The molecule has 152 valence electrons. The minimum Gasteiger partial charge on any atom is -0.310 e. The second-order valence-electron chi connectivity index (χ2n) is 7.76. The van der Waals surface area contributed by atoms with Crippen LogP contribution in [0.15, 0.2) is 91.0 Å². The molecule has 0 radical (unpaired) electrons. The summed E-state index contributed by atoms with van der Waals surface area (Å²) in [6.07, 6.45) is 2.90. The Morgan fingerprint density at radius 2 is 1.27 bits per heavy atom. The average Bonchev–Trinajstić information content (AvgIpc) is 3.25. The van der Waals surface area contributed by atoms with Gasteiger partial charge < -0.3 is 4.57 Å². The second-order valence-corrected chi connectivity index (χ2v) is 7.76. The van der Waals surface area contributed by atoms with Crippen LogP contribution in [-0.4, -0.2) is 14.8 Å². The molecule has 3 nitrogen and oxygen atoms in total. The van der Waals surface area contributed by atoms with Crippen LogP contribution in [0.1, 0.15) is 43.6 Å². The molecule has 30 heavy (non-hydrogen) atoms. The molecule has 1 heterocycles. The predicted octanol–water partition coefficient (Wildman–Crippen LogP) is 6.29. The van der Waals surface area contributed by atoms with Gasteiger partial charge in [0.1, 0.15) is 5.82 Å². The quantitative estimate of drug-likeness (QED) is 0.351. The molecule has 0 saturated carbocycles. The number of rotatable bonds is 8. The molecule has 3 heteroatoms. The van der Waals surface area contributed by atoms with Gasteiger partial charge in [0.05, 0.1) is 5.41 Å². The second kappa shape index (κ2) is 9.08. The highest BCUT2D eigenvalue weighted by molar-refractivity contribution is 5.55. The van der Waals surface area contributed by atoms with Gasteiger partial charge in [-0.15, -0.1) is 10.2 Å². The van der Waals surface area contributed by atoms with E-state index in [9.17, 15) is 0 Å². The molecule has 0 saturated heterocycles. The molecule has 0 fully saturated rings. The van der Waals surface area contributed by atoms with Crippen molar-refractivity contribution < 1.29 is 0 Å². The van der Waals surface area contributed by atoms with E-state index in [0.717, 1.165) is 43.0 Å². The molecule has 4 aromatic rings. The van der Waals surface area contributed by atoms with Gasteiger partial charge in [-0.3, -0.25) is 0 Å². The summed E-state index contributed by atoms with van der Waals surface area (Å²) in [7, 11) is 0. The average molecular weight is 396 g/mol. The largest absolute Gasteiger partial charge is 0.310 e. The highest BCUT2D eigenvalue weighted by atomic mass is 15.3. The SMILES string of the molecule is CCC(CC)(c1ccccc1)c1nnc(-c2ccccc2)n1CCc1ccccc1. The van der Waals surface area contributed by atoms with E-state index < -0.39 is 0 Å². The molecular formula is C27H29N3. The third kappa shape index (κ3) is 3.80. The van der Waals surface area contributed by atoms with E-state index in [1.54, 1.807) is 0 Å². The van der Waals surface area contributed by atoms with E-state index in [1.165, 1.54) is 11.1 Å². The Labute approximate surface area is 179 Å². The lowest BCUT2D eigenvalue weighted by Gasteiger charge is -2.32. The molecule has 0 amide bonds. The molecule has 4 rings (SSSR count). The van der Waals surface area contributed by atoms with Crippen LogP contribution in [0.4, 0.5) is 0 Å². The number of nitrogens with zero attached hydrogens (tertiary/aromatic N) is 3. The van der Waals surface area contributed by atoms with Crippen molar-refractivity contribution in [3.63, 3.8) is 0 Å². The van der Waals surface area contributed by atoms with Crippen LogP contribution in [0.3, 0.4) is 0 Å². The fraction of sp³-hybridized carbons (Fsp3) is 0.259. The van der Waals surface area contributed by atoms with E-state index in [4.69, 9.17) is 10.2 Å². The first kappa shape index (κ1) is 20.1. The molecule has 1 aromatic heterocycles. The van der Waals surface area contributed by atoms with E-state index in [2.05, 4.69) is 103 Å². The molecule has 0 bridgehead atoms. The Kier molecular flexibility index (Phi) is 6.08. The van der Waals surface area contributed by atoms with Gasteiger partial charge in [-0.25, -0.2) is 0 Å². The first-order valence-corrected chi connectivity index (χ1v) is 10.9. The van der Waals surface area contributed by atoms with E-state index in [0.29, 0.717) is 0 Å². The van der Waals surface area contributed by atoms with Gasteiger partial charge in [-0.2, -0.15) is 0 Å². The Morgan fingerprint density at radius 1 is 0.700 bits per heavy atom. The van der Waals surface area contributed by atoms with Crippen molar-refractivity contribution >= 4 is 0 Å². The molecule has 0 aliphatic heterocycles. The fourth-order valence-electron chi connectivity index (χ4n) is 4.42. The summed E-state index contributed by atoms with van der Waals surface area (Å²) < 4.78 is 2.35. The monoisotopic (exact) mass is 395 g/mol. The minimum atomic E-state index is -0.155. The highest BCUT2D eigenvalue weighted by Gasteiger charge is 2.36. The van der Waals surface area contributed by atoms with Gasteiger partial charge in [-0.05, 0) is 30.4 Å². The van der Waals surface area contributed by atoms with Crippen molar-refractivity contribution in [2.24, 2.45) is 0 Å². The van der Waals surface area contributed by atoms with Gasteiger partial charge in [0.2, 0.25) is 0 Å². The van der Waals surface area contributed by atoms with Gasteiger partial charge >= 0.3 is 0 Å². The zero-order valence-corrected chi connectivity index (χ0v) is 17.8. The van der Waals surface area contributed by atoms with Crippen LogP contribution < -0.4 is 0 Å². The molecule has 0 aliphatic rings. The normalized spacial score (nSPS) is 11.5. The smallest absolute Gasteiger partial charge is 0.163 e. The lowest BCUT2D eigenvalue weighted by atomic mass is 9.75. The van der Waals surface area contributed by atoms with Gasteiger partial charge in [0.15, 0.2) is 5.82 Å². The maximum atomic E-state index is 4.81. The zero-order chi connectivity index (χ0) is 20.8. The Balaban J connectivity index is 1.83. The van der Waals surface area contributed by atoms with Crippen LogP contribution in [-0.2, 0) is 18.4 Å². The molecule has 0 aliphatic carbocycles. The lowest BCUT2D eigenvalue weighted by molar-refractivity contribution is 0.423. The molecular weight excluding hydrogens is 366 g/mol. The number of hydrogen-bond donors (Lipinski definition) is 0. The summed E-state index contributed by atoms with van der Waals surface area (Å²) >= 11 is 0. The van der Waals surface area contributed by atoms with Crippen molar-refractivity contribution in [1.82, 2.24) is 14.8 Å². The van der Waals surface area contributed by atoms with E-state index in [-0.39, 0.29) is 5.41 Å². The molecule has 0 N–H and O–H groups in total. The summed E-state index contributed by atoms with van der Waals surface area (Å²) in [5.41, 5.74) is 3.59. The third-order valence-electron chi connectivity index (χ3n) is 6.21. The summed E-state index contributed by atoms with van der Waals surface area (Å²) in [4.78, 5) is 0. The standard InChI is InChI=1S/C27H29N3/c1-3-27(4-2,24-18-12-7-13-19-24)26-29-28-25(23-16-10-6-11-17-23)30(26)21-20-22-14-8-5-9-15-22/h5-19H,3-4,20-21H2,1-2H3. The highest BCUT2D eigenvalue weighted by Crippen LogP contribution is 2.39. The van der Waals surface area contributed by atoms with Crippen LogP contribution in [0.2, 0.25) is 0 Å². The first-order chi connectivity index (χ1) is 14.8. The number of aromatic nitrogens is 3. The van der Waals surface area contributed by atoms with Crippen molar-refractivity contribution in [3.05, 3.63) is 108 Å². The Morgan fingerprint density at radius 3 is 1.87 bits per heavy atom. The van der Waals surface area contributed by atoms with Crippen LogP contribution in [0, 0.1) is 0 Å². The van der Waals surface area contributed by atoms with Crippen LogP contribution in [0.25, 0.3) is 11.4 Å². The number of benzene rings is 3. The summed E-state index contributed by atoms with van der Waals surface area (Å²) in [5.74, 6) is 2.01. The maximum Gasteiger partial charge on any atom is 0.163 e. The van der Waals surface area contributed by atoms with Crippen molar-refractivity contribution in [3.8, 4) is 11.4 Å². The lowest BCUT2D eigenvalue weighted by Crippen LogP contribution is -2.31. The van der Waals surface area contributed by atoms with Gasteiger partial charge in [0, 0.05) is 12.1 Å². The zero-order valence-electron chi connectivity index (χ0n) is 17.8. The van der Waals surface area contributed by atoms with Crippen LogP contribution in [0.5, 0.6) is 0 Å². The van der Waals surface area contributed by atoms with Gasteiger partial charge in [0.25, 0.3) is 0 Å². The number of hydrogen-bond acceptors (Lipinski definition) is 2. The Hall–Kier alpha value is -3.20. The molecule has 0 spiro atoms. The van der Waals surface area contributed by atoms with E-state index in [1.807, 2.05) is 6.07 Å². The van der Waals surface area contributed by atoms with Crippen LogP contribution >= 0.6 is 0 Å². The summed E-state index contributed by atoms with van der Waals surface area (Å²) in [6, 6.07) is 31.8. The van der Waals surface area contributed by atoms with Crippen molar-refractivity contribution in [1.29, 1.82) is 0 Å². The summed E-state index contributed by atoms with van der Waals surface area (Å²) in [6.45, 7) is 5.37. The molecule has 0 atom stereocenters. The Bertz CT molecular complexity index is 1050. The maximum absolute atomic E-state index is 4.81. The first-order valence-electron chi connectivity index (χ1n) is 10.9. The summed E-state index contributed by atoms with van der Waals surface area (Å²) in [5, 5.41) is 9.51.